The Kier molecular flexibility index (Phi) is 3.64. The summed E-state index contributed by atoms with van der Waals surface area (Å²) in [5, 5.41) is 0.325. The monoisotopic (exact) mass is 353 g/mol. The highest BCUT2D eigenvalue weighted by atomic mass is 16.5. The van der Waals surface area contributed by atoms with E-state index in [0.29, 0.717) is 22.4 Å². The van der Waals surface area contributed by atoms with Gasteiger partial charge in [-0.05, 0) is 25.1 Å². The fourth-order valence-corrected chi connectivity index (χ4v) is 3.27. The fraction of sp³-hybridized carbons (Fsp3) is 0.211. The predicted molar refractivity (Wildman–Crippen MR) is 92.9 cm³/mol. The van der Waals surface area contributed by atoms with Gasteiger partial charge >= 0.3 is 5.97 Å². The van der Waals surface area contributed by atoms with Crippen LogP contribution in [0.1, 0.15) is 29.2 Å². The molecule has 0 saturated carbocycles. The Morgan fingerprint density at radius 1 is 1.19 bits per heavy atom. The molecule has 1 unspecified atom stereocenters. The highest BCUT2D eigenvalue weighted by molar-refractivity contribution is 5.81. The van der Waals surface area contributed by atoms with Gasteiger partial charge in [-0.3, -0.25) is 14.4 Å². The number of pyridine rings is 1. The molecule has 3 aromatic rings. The van der Waals surface area contributed by atoms with Crippen LogP contribution >= 0.6 is 0 Å². The fourth-order valence-electron chi connectivity index (χ4n) is 3.27. The smallest absolute Gasteiger partial charge is 0.312 e. The minimum atomic E-state index is -0.734. The van der Waals surface area contributed by atoms with Crippen molar-refractivity contribution in [3.05, 3.63) is 67.9 Å². The number of aromatic nitrogens is 1. The molecule has 2 aromatic heterocycles. The third-order valence-corrected chi connectivity index (χ3v) is 4.49. The van der Waals surface area contributed by atoms with E-state index in [2.05, 4.69) is 4.98 Å². The molecule has 1 aliphatic rings. The summed E-state index contributed by atoms with van der Waals surface area (Å²) in [6.07, 6.45) is 1.20. The highest BCUT2D eigenvalue weighted by Gasteiger charge is 2.33. The third-order valence-electron chi connectivity index (χ3n) is 4.49. The van der Waals surface area contributed by atoms with Gasteiger partial charge in [0.1, 0.15) is 17.1 Å². The number of carbonyl (C=O) groups excluding carboxylic acids is 1. The molecular formula is C19H15NO6. The van der Waals surface area contributed by atoms with Crippen molar-refractivity contribution in [2.75, 3.05) is 7.11 Å². The van der Waals surface area contributed by atoms with Crippen molar-refractivity contribution in [2.24, 2.45) is 0 Å². The molecule has 0 amide bonds. The van der Waals surface area contributed by atoms with Gasteiger partial charge in [-0.25, -0.2) is 0 Å². The van der Waals surface area contributed by atoms with E-state index in [9.17, 15) is 14.4 Å². The Morgan fingerprint density at radius 2 is 2.00 bits per heavy atom. The minimum Gasteiger partial charge on any atom is -0.497 e. The Morgan fingerprint density at radius 3 is 2.77 bits per heavy atom. The van der Waals surface area contributed by atoms with E-state index in [0.717, 1.165) is 0 Å². The van der Waals surface area contributed by atoms with Gasteiger partial charge in [0.15, 0.2) is 5.43 Å². The standard InChI is InChI=1S/C19H15NO6/c1-9-5-15-17(19(23)20-9)11(7-16(21)26-15)13-8-25-14-4-3-10(24-2)6-12(14)18(13)22/h3-6,8,11H,7H2,1-2H3,(H,20,23). The van der Waals surface area contributed by atoms with Crippen molar-refractivity contribution >= 4 is 16.9 Å². The van der Waals surface area contributed by atoms with E-state index in [-0.39, 0.29) is 34.3 Å². The largest absolute Gasteiger partial charge is 0.497 e. The summed E-state index contributed by atoms with van der Waals surface area (Å²) >= 11 is 0. The average molecular weight is 353 g/mol. The SMILES string of the molecule is COc1ccc2occ(C3CC(=O)Oc4cc(C)[nH]c(=O)c43)c(=O)c2c1. The molecular weight excluding hydrogens is 338 g/mol. The van der Waals surface area contributed by atoms with Crippen LogP contribution in [0.4, 0.5) is 0 Å². The van der Waals surface area contributed by atoms with Gasteiger partial charge in [-0.2, -0.15) is 0 Å². The van der Waals surface area contributed by atoms with Crippen molar-refractivity contribution in [2.45, 2.75) is 19.3 Å². The van der Waals surface area contributed by atoms with E-state index in [1.807, 2.05) is 0 Å². The van der Waals surface area contributed by atoms with E-state index >= 15 is 0 Å². The number of esters is 1. The zero-order valence-electron chi connectivity index (χ0n) is 14.1. The van der Waals surface area contributed by atoms with Crippen LogP contribution in [-0.2, 0) is 4.79 Å². The first-order valence-electron chi connectivity index (χ1n) is 8.02. The second-order valence-corrected chi connectivity index (χ2v) is 6.17. The molecule has 7 heteroatoms. The number of hydrogen-bond acceptors (Lipinski definition) is 6. The lowest BCUT2D eigenvalue weighted by atomic mass is 9.87. The molecule has 0 aliphatic carbocycles. The number of benzene rings is 1. The molecule has 0 spiro atoms. The summed E-state index contributed by atoms with van der Waals surface area (Å²) < 4.78 is 15.9. The molecule has 0 fully saturated rings. The molecule has 3 heterocycles. The third kappa shape index (κ3) is 2.48. The Labute approximate surface area is 147 Å². The van der Waals surface area contributed by atoms with Crippen LogP contribution in [0.5, 0.6) is 11.5 Å². The Hall–Kier alpha value is -3.35. The molecule has 132 valence electrons. The number of ether oxygens (including phenoxy) is 2. The van der Waals surface area contributed by atoms with Gasteiger partial charge in [0.2, 0.25) is 0 Å². The number of hydrogen-bond donors (Lipinski definition) is 1. The van der Waals surface area contributed by atoms with E-state index < -0.39 is 11.9 Å². The van der Waals surface area contributed by atoms with Gasteiger partial charge in [0.05, 0.1) is 30.7 Å². The van der Waals surface area contributed by atoms with Gasteiger partial charge in [-0.1, -0.05) is 0 Å². The number of methoxy groups -OCH3 is 1. The Balaban J connectivity index is 1.97. The van der Waals surface area contributed by atoms with Gasteiger partial charge in [0, 0.05) is 23.2 Å². The molecule has 0 radical (unpaired) electrons. The lowest BCUT2D eigenvalue weighted by molar-refractivity contribution is -0.135. The van der Waals surface area contributed by atoms with Crippen LogP contribution in [0.2, 0.25) is 0 Å². The number of aryl methyl sites for hydroxylation is 1. The summed E-state index contributed by atoms with van der Waals surface area (Å²) in [7, 11) is 1.50. The minimum absolute atomic E-state index is 0.112. The summed E-state index contributed by atoms with van der Waals surface area (Å²) in [5.41, 5.74) is 0.759. The molecule has 1 aliphatic heterocycles. The summed E-state index contributed by atoms with van der Waals surface area (Å²) in [4.78, 5) is 40.2. The molecule has 0 bridgehead atoms. The Bertz CT molecular complexity index is 1160. The van der Waals surface area contributed by atoms with Crippen molar-refractivity contribution < 1.29 is 18.7 Å². The maximum Gasteiger partial charge on any atom is 0.312 e. The molecule has 1 N–H and O–H groups in total. The summed E-state index contributed by atoms with van der Waals surface area (Å²) in [6, 6.07) is 6.48. The molecule has 1 atom stereocenters. The van der Waals surface area contributed by atoms with Crippen LogP contribution in [0.15, 0.2) is 44.5 Å². The lowest BCUT2D eigenvalue weighted by Crippen LogP contribution is -2.30. The summed E-state index contributed by atoms with van der Waals surface area (Å²) in [5.74, 6) is -0.545. The zero-order chi connectivity index (χ0) is 18.4. The number of H-pyrrole nitrogens is 1. The van der Waals surface area contributed by atoms with Crippen LogP contribution < -0.4 is 20.5 Å². The average Bonchev–Trinajstić information content (AvgIpc) is 2.60. The van der Waals surface area contributed by atoms with Crippen molar-refractivity contribution in [3.63, 3.8) is 0 Å². The number of aromatic amines is 1. The number of nitrogens with one attached hydrogen (secondary N) is 1. The first-order valence-corrected chi connectivity index (χ1v) is 8.02. The first kappa shape index (κ1) is 16.1. The molecule has 1 aromatic carbocycles. The number of fused-ring (bicyclic) bond motifs is 2. The quantitative estimate of drug-likeness (QED) is 0.710. The van der Waals surface area contributed by atoms with Crippen molar-refractivity contribution in [1.29, 1.82) is 0 Å². The van der Waals surface area contributed by atoms with Crippen molar-refractivity contribution in [3.8, 4) is 11.5 Å². The first-order chi connectivity index (χ1) is 12.5. The van der Waals surface area contributed by atoms with Gasteiger partial charge in [0.25, 0.3) is 5.56 Å². The van der Waals surface area contributed by atoms with Gasteiger partial charge < -0.3 is 18.9 Å². The molecule has 26 heavy (non-hydrogen) atoms. The van der Waals surface area contributed by atoms with E-state index in [4.69, 9.17) is 13.9 Å². The van der Waals surface area contributed by atoms with Crippen LogP contribution in [0.25, 0.3) is 11.0 Å². The van der Waals surface area contributed by atoms with E-state index in [1.54, 1.807) is 31.2 Å². The van der Waals surface area contributed by atoms with Gasteiger partial charge in [-0.15, -0.1) is 0 Å². The number of carbonyl (C=O) groups is 1. The van der Waals surface area contributed by atoms with Crippen molar-refractivity contribution in [1.82, 2.24) is 4.98 Å². The topological polar surface area (TPSA) is 98.6 Å². The second kappa shape index (κ2) is 5.87. The molecule has 7 nitrogen and oxygen atoms in total. The number of rotatable bonds is 2. The highest BCUT2D eigenvalue weighted by Crippen LogP contribution is 2.36. The van der Waals surface area contributed by atoms with Crippen LogP contribution in [-0.4, -0.2) is 18.1 Å². The normalized spacial score (nSPS) is 16.2. The van der Waals surface area contributed by atoms with E-state index in [1.165, 1.54) is 13.4 Å². The maximum absolute atomic E-state index is 13.0. The lowest BCUT2D eigenvalue weighted by Gasteiger charge is -2.23. The molecule has 4 rings (SSSR count). The molecule has 0 saturated heterocycles. The van der Waals surface area contributed by atoms with Crippen LogP contribution in [0.3, 0.4) is 0 Å². The van der Waals surface area contributed by atoms with Crippen LogP contribution in [0, 0.1) is 6.92 Å². The predicted octanol–water partition coefficient (Wildman–Crippen LogP) is 2.24. The maximum atomic E-state index is 13.0. The summed E-state index contributed by atoms with van der Waals surface area (Å²) in [6.45, 7) is 1.69. The zero-order valence-corrected chi connectivity index (χ0v) is 14.1. The second-order valence-electron chi connectivity index (χ2n) is 6.17.